The minimum absolute atomic E-state index is 0.127. The summed E-state index contributed by atoms with van der Waals surface area (Å²) in [5.74, 6) is 0.725. The molecule has 2 N–H and O–H groups in total. The number of furan rings is 1. The second kappa shape index (κ2) is 8.34. The smallest absolute Gasteiger partial charge is 0.325 e. The third-order valence-electron chi connectivity index (χ3n) is 6.07. The predicted molar refractivity (Wildman–Crippen MR) is 103 cm³/mol. The zero-order chi connectivity index (χ0) is 20.3. The van der Waals surface area contributed by atoms with E-state index in [-0.39, 0.29) is 24.4 Å². The van der Waals surface area contributed by atoms with Crippen molar-refractivity contribution >= 4 is 17.8 Å². The van der Waals surface area contributed by atoms with Crippen molar-refractivity contribution < 1.29 is 18.8 Å². The van der Waals surface area contributed by atoms with Gasteiger partial charge >= 0.3 is 6.03 Å². The third-order valence-corrected chi connectivity index (χ3v) is 6.07. The first-order valence-electron chi connectivity index (χ1n) is 9.97. The summed E-state index contributed by atoms with van der Waals surface area (Å²) in [5, 5.41) is 5.67. The van der Waals surface area contributed by atoms with Gasteiger partial charge in [-0.05, 0) is 57.8 Å². The van der Waals surface area contributed by atoms with Gasteiger partial charge in [0.15, 0.2) is 0 Å². The summed E-state index contributed by atoms with van der Waals surface area (Å²) in [5.41, 5.74) is -0.816. The van der Waals surface area contributed by atoms with Gasteiger partial charge in [-0.25, -0.2) is 4.79 Å². The summed E-state index contributed by atoms with van der Waals surface area (Å²) >= 11 is 0. The van der Waals surface area contributed by atoms with E-state index < -0.39 is 11.6 Å². The summed E-state index contributed by atoms with van der Waals surface area (Å²) in [6.07, 6.45) is 5.83. The number of amides is 4. The number of hydrogen-bond acceptors (Lipinski definition) is 5. The Morgan fingerprint density at radius 2 is 2.11 bits per heavy atom. The van der Waals surface area contributed by atoms with Crippen LogP contribution in [-0.4, -0.2) is 60.4 Å². The molecular weight excluding hydrogens is 360 g/mol. The second-order valence-electron chi connectivity index (χ2n) is 8.05. The molecule has 3 rings (SSSR count). The normalized spacial score (nSPS) is 26.0. The van der Waals surface area contributed by atoms with Gasteiger partial charge < -0.3 is 15.1 Å². The van der Waals surface area contributed by atoms with E-state index >= 15 is 0 Å². The molecule has 2 aliphatic rings. The van der Waals surface area contributed by atoms with Crippen molar-refractivity contribution in [3.8, 4) is 0 Å². The van der Waals surface area contributed by atoms with Crippen LogP contribution in [0.4, 0.5) is 4.79 Å². The van der Waals surface area contributed by atoms with Gasteiger partial charge in [0.25, 0.3) is 5.91 Å². The molecule has 28 heavy (non-hydrogen) atoms. The molecule has 1 spiro atoms. The number of imide groups is 1. The number of nitrogens with one attached hydrogen (secondary N) is 2. The monoisotopic (exact) mass is 390 g/mol. The lowest BCUT2D eigenvalue weighted by atomic mass is 9.75. The molecule has 4 amide bonds. The van der Waals surface area contributed by atoms with E-state index in [9.17, 15) is 14.4 Å². The van der Waals surface area contributed by atoms with Crippen LogP contribution in [0.2, 0.25) is 0 Å². The zero-order valence-electron chi connectivity index (χ0n) is 16.9. The predicted octanol–water partition coefficient (Wildman–Crippen LogP) is 1.89. The summed E-state index contributed by atoms with van der Waals surface area (Å²) in [7, 11) is 3.79. The summed E-state index contributed by atoms with van der Waals surface area (Å²) in [6, 6.07) is 3.06. The van der Waals surface area contributed by atoms with Gasteiger partial charge in [-0.2, -0.15) is 0 Å². The molecule has 1 saturated carbocycles. The SMILES string of the molecule is CCC1CCC2(CC1)NC(=O)N(CC(=O)NCC(c1ccco1)N(C)C)C2=O. The van der Waals surface area contributed by atoms with Crippen molar-refractivity contribution in [1.29, 1.82) is 0 Å². The van der Waals surface area contributed by atoms with Crippen LogP contribution in [0.15, 0.2) is 22.8 Å². The van der Waals surface area contributed by atoms with E-state index in [1.54, 1.807) is 12.3 Å². The molecule has 1 aliphatic heterocycles. The highest BCUT2D eigenvalue weighted by Gasteiger charge is 2.52. The van der Waals surface area contributed by atoms with Crippen LogP contribution in [0.1, 0.15) is 50.8 Å². The van der Waals surface area contributed by atoms with Crippen LogP contribution in [0.5, 0.6) is 0 Å². The van der Waals surface area contributed by atoms with Crippen molar-refractivity contribution in [2.75, 3.05) is 27.2 Å². The number of carbonyl (C=O) groups is 3. The second-order valence-corrected chi connectivity index (χ2v) is 8.05. The van der Waals surface area contributed by atoms with Crippen molar-refractivity contribution in [2.45, 2.75) is 50.6 Å². The average molecular weight is 390 g/mol. The van der Waals surface area contributed by atoms with Crippen molar-refractivity contribution in [3.63, 3.8) is 0 Å². The van der Waals surface area contributed by atoms with E-state index in [0.29, 0.717) is 25.3 Å². The first-order chi connectivity index (χ1) is 13.4. The van der Waals surface area contributed by atoms with Crippen LogP contribution in [0.25, 0.3) is 0 Å². The van der Waals surface area contributed by atoms with Gasteiger partial charge in [-0.15, -0.1) is 0 Å². The van der Waals surface area contributed by atoms with E-state index in [0.717, 1.165) is 29.9 Å². The Kier molecular flexibility index (Phi) is 6.07. The first-order valence-corrected chi connectivity index (χ1v) is 9.97. The van der Waals surface area contributed by atoms with E-state index in [4.69, 9.17) is 4.42 Å². The Morgan fingerprint density at radius 3 is 2.68 bits per heavy atom. The highest BCUT2D eigenvalue weighted by molar-refractivity contribution is 6.09. The molecule has 0 radical (unpaired) electrons. The van der Waals surface area contributed by atoms with Gasteiger partial charge in [-0.1, -0.05) is 13.3 Å². The maximum absolute atomic E-state index is 12.9. The molecule has 0 aromatic carbocycles. The molecule has 0 bridgehead atoms. The standard InChI is InChI=1S/C20H30N4O4/c1-4-14-7-9-20(10-8-14)18(26)24(19(27)22-20)13-17(25)21-12-15(23(2)3)16-6-5-11-28-16/h5-6,11,14-15H,4,7-10,12-13H2,1-3H3,(H,21,25)(H,22,27). The summed E-state index contributed by atoms with van der Waals surface area (Å²) in [6.45, 7) is 2.21. The zero-order valence-corrected chi connectivity index (χ0v) is 16.9. The fourth-order valence-corrected chi connectivity index (χ4v) is 4.17. The van der Waals surface area contributed by atoms with E-state index in [1.165, 1.54) is 0 Å². The van der Waals surface area contributed by atoms with Crippen LogP contribution in [0.3, 0.4) is 0 Å². The Hall–Kier alpha value is -2.35. The molecule has 154 valence electrons. The molecule has 2 heterocycles. The number of rotatable bonds is 7. The Morgan fingerprint density at radius 1 is 1.39 bits per heavy atom. The molecule has 8 heteroatoms. The van der Waals surface area contributed by atoms with Crippen molar-refractivity contribution in [2.24, 2.45) is 5.92 Å². The minimum Gasteiger partial charge on any atom is -0.468 e. The highest BCUT2D eigenvalue weighted by Crippen LogP contribution is 2.37. The number of nitrogens with zero attached hydrogens (tertiary/aromatic N) is 2. The molecular formula is C20H30N4O4. The van der Waals surface area contributed by atoms with Gasteiger partial charge in [-0.3, -0.25) is 19.4 Å². The number of urea groups is 1. The number of hydrogen-bond donors (Lipinski definition) is 2. The van der Waals surface area contributed by atoms with Crippen LogP contribution in [0, 0.1) is 5.92 Å². The summed E-state index contributed by atoms with van der Waals surface area (Å²) in [4.78, 5) is 40.7. The lowest BCUT2D eigenvalue weighted by molar-refractivity contribution is -0.136. The highest BCUT2D eigenvalue weighted by atomic mass is 16.3. The maximum atomic E-state index is 12.9. The molecule has 2 fully saturated rings. The largest absolute Gasteiger partial charge is 0.468 e. The maximum Gasteiger partial charge on any atom is 0.325 e. The fraction of sp³-hybridized carbons (Fsp3) is 0.650. The Balaban J connectivity index is 1.57. The average Bonchev–Trinajstić information content (AvgIpc) is 3.26. The third kappa shape index (κ3) is 4.06. The van der Waals surface area contributed by atoms with E-state index in [1.807, 2.05) is 25.1 Å². The number of carbonyl (C=O) groups excluding carboxylic acids is 3. The van der Waals surface area contributed by atoms with Gasteiger partial charge in [0.2, 0.25) is 5.91 Å². The lowest BCUT2D eigenvalue weighted by Gasteiger charge is -2.34. The van der Waals surface area contributed by atoms with Crippen molar-refractivity contribution in [1.82, 2.24) is 20.4 Å². The van der Waals surface area contributed by atoms with Gasteiger partial charge in [0.05, 0.1) is 12.3 Å². The van der Waals surface area contributed by atoms with Crippen LogP contribution < -0.4 is 10.6 Å². The molecule has 1 aromatic heterocycles. The Bertz CT molecular complexity index is 708. The van der Waals surface area contributed by atoms with Crippen LogP contribution in [-0.2, 0) is 9.59 Å². The quantitative estimate of drug-likeness (QED) is 0.694. The molecule has 1 atom stereocenters. The van der Waals surface area contributed by atoms with Gasteiger partial charge in [0.1, 0.15) is 17.8 Å². The van der Waals surface area contributed by atoms with Crippen molar-refractivity contribution in [3.05, 3.63) is 24.2 Å². The summed E-state index contributed by atoms with van der Waals surface area (Å²) < 4.78 is 5.43. The molecule has 1 aliphatic carbocycles. The molecule has 1 saturated heterocycles. The lowest BCUT2D eigenvalue weighted by Crippen LogP contribution is -2.50. The van der Waals surface area contributed by atoms with Gasteiger partial charge in [0, 0.05) is 6.54 Å². The van der Waals surface area contributed by atoms with E-state index in [2.05, 4.69) is 17.6 Å². The fourth-order valence-electron chi connectivity index (χ4n) is 4.17. The molecule has 1 unspecified atom stereocenters. The first kappa shape index (κ1) is 20.4. The number of likely N-dealkylation sites (N-methyl/N-ethyl adjacent to an activating group) is 1. The topological polar surface area (TPSA) is 94.9 Å². The molecule has 8 nitrogen and oxygen atoms in total. The minimum atomic E-state index is -0.816. The van der Waals surface area contributed by atoms with Crippen LogP contribution >= 0.6 is 0 Å². The molecule has 1 aromatic rings. The Labute approximate surface area is 165 Å².